The fourth-order valence-corrected chi connectivity index (χ4v) is 2.22. The normalized spacial score (nSPS) is 10.8. The molecule has 2 aromatic rings. The van der Waals surface area contributed by atoms with Gasteiger partial charge in [0.2, 0.25) is 0 Å². The summed E-state index contributed by atoms with van der Waals surface area (Å²) in [6.07, 6.45) is 2.92. The highest BCUT2D eigenvalue weighted by Gasteiger charge is 2.08. The van der Waals surface area contributed by atoms with Gasteiger partial charge in [-0.15, -0.1) is 0 Å². The molecule has 4 nitrogen and oxygen atoms in total. The van der Waals surface area contributed by atoms with E-state index in [1.54, 1.807) is 37.5 Å². The van der Waals surface area contributed by atoms with Gasteiger partial charge in [0.1, 0.15) is 11.5 Å². The minimum absolute atomic E-state index is 0.243. The van der Waals surface area contributed by atoms with E-state index in [0.717, 1.165) is 17.5 Å². The Kier molecular flexibility index (Phi) is 6.16. The third kappa shape index (κ3) is 4.47. The molecule has 0 heterocycles. The second-order valence-corrected chi connectivity index (χ2v) is 5.16. The molecule has 24 heavy (non-hydrogen) atoms. The summed E-state index contributed by atoms with van der Waals surface area (Å²) in [4.78, 5) is 11.5. The van der Waals surface area contributed by atoms with Crippen molar-refractivity contribution < 1.29 is 14.3 Å². The van der Waals surface area contributed by atoms with Crippen molar-refractivity contribution in [2.75, 3.05) is 7.11 Å². The van der Waals surface area contributed by atoms with E-state index in [2.05, 4.69) is 6.07 Å². The molecule has 0 spiro atoms. The molecular weight excluding hydrogens is 302 g/mol. The van der Waals surface area contributed by atoms with Crippen molar-refractivity contribution in [3.8, 4) is 17.6 Å². The summed E-state index contributed by atoms with van der Waals surface area (Å²) in [7, 11) is 1.58. The second-order valence-electron chi connectivity index (χ2n) is 5.16. The Hall–Kier alpha value is -3.06. The standard InChI is InChI=1S/C20H19NO3/c1-3-6-20(22)24-17-11-9-15(10-12-17)13-16(14-21)18-7-4-5-8-19(18)23-2/h4-5,7-13H,3,6H2,1-2H3/b16-13-. The number of ether oxygens (including phenoxy) is 2. The van der Waals surface area contributed by atoms with Gasteiger partial charge in [-0.25, -0.2) is 0 Å². The summed E-state index contributed by atoms with van der Waals surface area (Å²) in [6.45, 7) is 1.93. The van der Waals surface area contributed by atoms with E-state index in [9.17, 15) is 10.1 Å². The largest absolute Gasteiger partial charge is 0.496 e. The predicted molar refractivity (Wildman–Crippen MR) is 93.5 cm³/mol. The maximum atomic E-state index is 11.5. The molecule has 2 rings (SSSR count). The molecule has 0 radical (unpaired) electrons. The Morgan fingerprint density at radius 1 is 1.17 bits per heavy atom. The molecule has 0 saturated heterocycles. The first-order valence-electron chi connectivity index (χ1n) is 7.74. The Morgan fingerprint density at radius 3 is 2.50 bits per heavy atom. The van der Waals surface area contributed by atoms with Crippen LogP contribution >= 0.6 is 0 Å². The first kappa shape index (κ1) is 17.3. The molecule has 0 unspecified atom stereocenters. The van der Waals surface area contributed by atoms with Crippen molar-refractivity contribution in [1.82, 2.24) is 0 Å². The van der Waals surface area contributed by atoms with Crippen LogP contribution in [0.25, 0.3) is 11.6 Å². The summed E-state index contributed by atoms with van der Waals surface area (Å²) < 4.78 is 10.5. The highest BCUT2D eigenvalue weighted by molar-refractivity contribution is 5.91. The van der Waals surface area contributed by atoms with Crippen LogP contribution in [0.1, 0.15) is 30.9 Å². The minimum Gasteiger partial charge on any atom is -0.496 e. The first-order valence-corrected chi connectivity index (χ1v) is 7.74. The SMILES string of the molecule is CCCC(=O)Oc1ccc(/C=C(/C#N)c2ccccc2OC)cc1. The monoisotopic (exact) mass is 321 g/mol. The number of benzene rings is 2. The number of methoxy groups -OCH3 is 1. The van der Waals surface area contributed by atoms with Gasteiger partial charge in [-0.05, 0) is 42.3 Å². The van der Waals surface area contributed by atoms with Gasteiger partial charge >= 0.3 is 5.97 Å². The minimum atomic E-state index is -0.243. The topological polar surface area (TPSA) is 59.3 Å². The van der Waals surface area contributed by atoms with Gasteiger partial charge in [-0.1, -0.05) is 31.2 Å². The van der Waals surface area contributed by atoms with Crippen LogP contribution in [0.2, 0.25) is 0 Å². The third-order valence-electron chi connectivity index (χ3n) is 3.39. The molecule has 0 bridgehead atoms. The van der Waals surface area contributed by atoms with Crippen LogP contribution in [-0.2, 0) is 4.79 Å². The summed E-state index contributed by atoms with van der Waals surface area (Å²) >= 11 is 0. The van der Waals surface area contributed by atoms with Gasteiger partial charge in [-0.2, -0.15) is 5.26 Å². The number of nitriles is 1. The molecule has 0 aliphatic heterocycles. The lowest BCUT2D eigenvalue weighted by Crippen LogP contribution is -2.06. The number of rotatable bonds is 6. The van der Waals surface area contributed by atoms with Crippen molar-refractivity contribution in [3.05, 3.63) is 59.7 Å². The Bertz CT molecular complexity index is 770. The molecule has 122 valence electrons. The number of esters is 1. The quantitative estimate of drug-likeness (QED) is 0.341. The van der Waals surface area contributed by atoms with Crippen LogP contribution < -0.4 is 9.47 Å². The van der Waals surface area contributed by atoms with E-state index in [0.29, 0.717) is 23.5 Å². The van der Waals surface area contributed by atoms with E-state index in [-0.39, 0.29) is 5.97 Å². The zero-order valence-electron chi connectivity index (χ0n) is 13.8. The number of nitrogens with zero attached hydrogens (tertiary/aromatic N) is 1. The molecule has 0 fully saturated rings. The number of hydrogen-bond donors (Lipinski definition) is 0. The number of carbonyl (C=O) groups is 1. The molecule has 2 aromatic carbocycles. The van der Waals surface area contributed by atoms with E-state index >= 15 is 0 Å². The molecular formula is C20H19NO3. The number of allylic oxidation sites excluding steroid dienone is 1. The van der Waals surface area contributed by atoms with Crippen molar-refractivity contribution in [2.24, 2.45) is 0 Å². The van der Waals surface area contributed by atoms with Gasteiger partial charge in [-0.3, -0.25) is 4.79 Å². The molecule has 0 aromatic heterocycles. The molecule has 0 N–H and O–H groups in total. The zero-order valence-corrected chi connectivity index (χ0v) is 13.8. The van der Waals surface area contributed by atoms with Crippen LogP contribution in [0.5, 0.6) is 11.5 Å². The number of hydrogen-bond acceptors (Lipinski definition) is 4. The fraction of sp³-hybridized carbons (Fsp3) is 0.200. The van der Waals surface area contributed by atoms with Crippen LogP contribution in [-0.4, -0.2) is 13.1 Å². The first-order chi connectivity index (χ1) is 11.7. The van der Waals surface area contributed by atoms with E-state index < -0.39 is 0 Å². The van der Waals surface area contributed by atoms with E-state index in [1.165, 1.54) is 0 Å². The summed E-state index contributed by atoms with van der Waals surface area (Å²) in [5.74, 6) is 0.907. The van der Waals surface area contributed by atoms with Gasteiger partial charge in [0.15, 0.2) is 0 Å². The van der Waals surface area contributed by atoms with Gasteiger partial charge in [0.05, 0.1) is 18.8 Å². The van der Waals surface area contributed by atoms with Crippen LogP contribution in [0.3, 0.4) is 0 Å². The van der Waals surface area contributed by atoms with Crippen molar-refractivity contribution in [2.45, 2.75) is 19.8 Å². The van der Waals surface area contributed by atoms with E-state index in [1.807, 2.05) is 31.2 Å². The van der Waals surface area contributed by atoms with Gasteiger partial charge in [0.25, 0.3) is 0 Å². The maximum absolute atomic E-state index is 11.5. The van der Waals surface area contributed by atoms with Crippen molar-refractivity contribution in [1.29, 1.82) is 5.26 Å². The molecule has 0 aliphatic carbocycles. The smallest absolute Gasteiger partial charge is 0.311 e. The number of para-hydroxylation sites is 1. The lowest BCUT2D eigenvalue weighted by atomic mass is 10.0. The van der Waals surface area contributed by atoms with Gasteiger partial charge < -0.3 is 9.47 Å². The predicted octanol–water partition coefficient (Wildman–Crippen LogP) is 4.46. The maximum Gasteiger partial charge on any atom is 0.311 e. The van der Waals surface area contributed by atoms with Crippen LogP contribution in [0.4, 0.5) is 0 Å². The molecule has 0 amide bonds. The molecule has 4 heteroatoms. The lowest BCUT2D eigenvalue weighted by Gasteiger charge is -2.07. The summed E-state index contributed by atoms with van der Waals surface area (Å²) in [6, 6.07) is 16.6. The number of carbonyl (C=O) groups excluding carboxylic acids is 1. The molecule has 0 saturated carbocycles. The Balaban J connectivity index is 2.23. The van der Waals surface area contributed by atoms with Crippen LogP contribution in [0.15, 0.2) is 48.5 Å². The average molecular weight is 321 g/mol. The van der Waals surface area contributed by atoms with Crippen molar-refractivity contribution in [3.63, 3.8) is 0 Å². The molecule has 0 atom stereocenters. The molecule has 0 aliphatic rings. The Morgan fingerprint density at radius 2 is 1.88 bits per heavy atom. The highest BCUT2D eigenvalue weighted by Crippen LogP contribution is 2.27. The summed E-state index contributed by atoms with van der Waals surface area (Å²) in [5.41, 5.74) is 2.08. The second kappa shape index (κ2) is 8.54. The van der Waals surface area contributed by atoms with E-state index in [4.69, 9.17) is 9.47 Å². The summed E-state index contributed by atoms with van der Waals surface area (Å²) in [5, 5.41) is 9.45. The Labute approximate surface area is 141 Å². The van der Waals surface area contributed by atoms with Crippen LogP contribution in [0, 0.1) is 11.3 Å². The van der Waals surface area contributed by atoms with Crippen molar-refractivity contribution >= 4 is 17.6 Å². The lowest BCUT2D eigenvalue weighted by molar-refractivity contribution is -0.134. The highest BCUT2D eigenvalue weighted by atomic mass is 16.5. The zero-order chi connectivity index (χ0) is 17.4. The third-order valence-corrected chi connectivity index (χ3v) is 3.39. The fourth-order valence-electron chi connectivity index (χ4n) is 2.22. The van der Waals surface area contributed by atoms with Gasteiger partial charge in [0, 0.05) is 12.0 Å². The average Bonchev–Trinajstić information content (AvgIpc) is 2.61.